The second-order valence-electron chi connectivity index (χ2n) is 4.99. The first-order chi connectivity index (χ1) is 12.0. The number of aromatic nitrogens is 1. The molecule has 1 aromatic carbocycles. The summed E-state index contributed by atoms with van der Waals surface area (Å²) in [5.41, 5.74) is 6.35. The molecule has 0 fully saturated rings. The summed E-state index contributed by atoms with van der Waals surface area (Å²) in [5.74, 6) is 0.997. The first-order valence-corrected chi connectivity index (χ1v) is 10.1. The van der Waals surface area contributed by atoms with Gasteiger partial charge in [0.2, 0.25) is 5.96 Å². The van der Waals surface area contributed by atoms with Gasteiger partial charge < -0.3 is 10.8 Å². The van der Waals surface area contributed by atoms with Crippen molar-refractivity contribution in [1.29, 1.82) is 0 Å². The molecule has 7 nitrogen and oxygen atoms in total. The van der Waals surface area contributed by atoms with Gasteiger partial charge in [-0.2, -0.15) is 11.8 Å². The second kappa shape index (κ2) is 8.72. The van der Waals surface area contributed by atoms with Gasteiger partial charge in [-0.3, -0.25) is 9.98 Å². The topological polar surface area (TPSA) is 109 Å². The molecule has 0 aliphatic heterocycles. The molecule has 0 radical (unpaired) electrons. The minimum absolute atomic E-state index is 0.0647. The van der Waals surface area contributed by atoms with Crippen LogP contribution in [-0.2, 0) is 15.8 Å². The summed E-state index contributed by atoms with van der Waals surface area (Å²) in [5, 5.41) is 9.70. The Morgan fingerprint density at radius 1 is 1.28 bits per heavy atom. The van der Waals surface area contributed by atoms with Gasteiger partial charge in [0.1, 0.15) is 5.75 Å². The lowest BCUT2D eigenvalue weighted by molar-refractivity contribution is 0.467. The Hall–Kier alpha value is -2.26. The Morgan fingerprint density at radius 3 is 2.64 bits per heavy atom. The van der Waals surface area contributed by atoms with Crippen LogP contribution in [0.1, 0.15) is 5.69 Å². The highest BCUT2D eigenvalue weighted by atomic mass is 32.2. The average molecular weight is 380 g/mol. The largest absolute Gasteiger partial charge is 0.506 e. The molecule has 0 spiro atoms. The molecule has 2 aromatic rings. The lowest BCUT2D eigenvalue weighted by atomic mass is 10.3. The van der Waals surface area contributed by atoms with Crippen molar-refractivity contribution >= 4 is 27.7 Å². The third-order valence-corrected chi connectivity index (χ3v) is 6.13. The predicted molar refractivity (Wildman–Crippen MR) is 99.9 cm³/mol. The Kier molecular flexibility index (Phi) is 6.65. The standard InChI is InChI=1S/C16H20N4O3S2/c1-18-16(17)20(25(22,23)13-6-3-2-4-7-13)10-11-24-12-14-15(21)8-5-9-19-14/h2-9,21H,10-12H2,1H3,(H2,17,18). The number of pyridine rings is 1. The van der Waals surface area contributed by atoms with Gasteiger partial charge in [-0.15, -0.1) is 0 Å². The van der Waals surface area contributed by atoms with Gasteiger partial charge in [0.05, 0.1) is 10.6 Å². The third-order valence-electron chi connectivity index (χ3n) is 3.36. The number of rotatable bonds is 7. The zero-order valence-corrected chi connectivity index (χ0v) is 15.4. The number of hydrogen-bond donors (Lipinski definition) is 2. The quantitative estimate of drug-likeness (QED) is 0.429. The van der Waals surface area contributed by atoms with Crippen molar-refractivity contribution in [2.75, 3.05) is 19.3 Å². The van der Waals surface area contributed by atoms with E-state index in [9.17, 15) is 13.5 Å². The van der Waals surface area contributed by atoms with E-state index in [1.807, 2.05) is 0 Å². The fraction of sp³-hybridized carbons (Fsp3) is 0.250. The summed E-state index contributed by atoms with van der Waals surface area (Å²) in [6.45, 7) is 0.165. The molecule has 3 N–H and O–H groups in total. The number of aliphatic imine (C=N–C) groups is 1. The third kappa shape index (κ3) is 4.86. The van der Waals surface area contributed by atoms with Crippen LogP contribution in [0.2, 0.25) is 0 Å². The number of aromatic hydroxyl groups is 1. The second-order valence-corrected chi connectivity index (χ2v) is 7.96. The van der Waals surface area contributed by atoms with Gasteiger partial charge in [-0.25, -0.2) is 12.7 Å². The lowest BCUT2D eigenvalue weighted by Gasteiger charge is -2.23. The number of hydrogen-bond acceptors (Lipinski definition) is 6. The zero-order chi connectivity index (χ0) is 18.3. The molecule has 2 rings (SSSR count). The van der Waals surface area contributed by atoms with Crippen LogP contribution in [0, 0.1) is 0 Å². The smallest absolute Gasteiger partial charge is 0.266 e. The Labute approximate surface area is 151 Å². The molecule has 25 heavy (non-hydrogen) atoms. The van der Waals surface area contributed by atoms with Crippen LogP contribution in [0.25, 0.3) is 0 Å². The minimum Gasteiger partial charge on any atom is -0.506 e. The van der Waals surface area contributed by atoms with E-state index in [0.717, 1.165) is 4.31 Å². The molecular weight excluding hydrogens is 360 g/mol. The van der Waals surface area contributed by atoms with E-state index in [1.165, 1.54) is 30.9 Å². The highest BCUT2D eigenvalue weighted by molar-refractivity contribution is 7.98. The predicted octanol–water partition coefficient (Wildman–Crippen LogP) is 1.66. The molecule has 9 heteroatoms. The molecule has 1 aromatic heterocycles. The Balaban J connectivity index is 2.05. The van der Waals surface area contributed by atoms with E-state index in [1.54, 1.807) is 36.5 Å². The van der Waals surface area contributed by atoms with Crippen LogP contribution in [0.4, 0.5) is 0 Å². The zero-order valence-electron chi connectivity index (χ0n) is 13.7. The molecule has 0 atom stereocenters. The minimum atomic E-state index is -3.77. The summed E-state index contributed by atoms with van der Waals surface area (Å²) < 4.78 is 26.6. The summed E-state index contributed by atoms with van der Waals surface area (Å²) >= 11 is 1.45. The number of nitrogens with zero attached hydrogens (tertiary/aromatic N) is 3. The Bertz CT molecular complexity index is 826. The van der Waals surface area contributed by atoms with Crippen molar-refractivity contribution in [2.45, 2.75) is 10.6 Å². The highest BCUT2D eigenvalue weighted by Crippen LogP contribution is 2.20. The van der Waals surface area contributed by atoms with Crippen molar-refractivity contribution < 1.29 is 13.5 Å². The first kappa shape index (κ1) is 19.1. The van der Waals surface area contributed by atoms with Crippen molar-refractivity contribution in [2.24, 2.45) is 10.7 Å². The van der Waals surface area contributed by atoms with Gasteiger partial charge in [0, 0.05) is 31.3 Å². The van der Waals surface area contributed by atoms with Crippen LogP contribution in [-0.4, -0.2) is 48.1 Å². The van der Waals surface area contributed by atoms with Crippen LogP contribution in [0.3, 0.4) is 0 Å². The summed E-state index contributed by atoms with van der Waals surface area (Å²) in [6, 6.07) is 11.3. The molecule has 0 saturated heterocycles. The maximum absolute atomic E-state index is 12.8. The number of thioether (sulfide) groups is 1. The molecule has 0 amide bonds. The van der Waals surface area contributed by atoms with Crippen LogP contribution < -0.4 is 5.73 Å². The van der Waals surface area contributed by atoms with E-state index in [4.69, 9.17) is 5.73 Å². The maximum atomic E-state index is 12.8. The molecule has 0 unspecified atom stereocenters. The van der Waals surface area contributed by atoms with Crippen molar-refractivity contribution in [3.63, 3.8) is 0 Å². The van der Waals surface area contributed by atoms with Crippen molar-refractivity contribution in [3.05, 3.63) is 54.4 Å². The first-order valence-electron chi connectivity index (χ1n) is 7.47. The lowest BCUT2D eigenvalue weighted by Crippen LogP contribution is -2.43. The van der Waals surface area contributed by atoms with Gasteiger partial charge in [-0.1, -0.05) is 18.2 Å². The fourth-order valence-electron chi connectivity index (χ4n) is 2.05. The molecule has 0 bridgehead atoms. The number of nitrogens with two attached hydrogens (primary N) is 1. The van der Waals surface area contributed by atoms with Gasteiger partial charge in [0.15, 0.2) is 0 Å². The highest BCUT2D eigenvalue weighted by Gasteiger charge is 2.25. The molecule has 0 saturated carbocycles. The SMILES string of the molecule is CN=C(N)N(CCSCc1ncccc1O)S(=O)(=O)c1ccccc1. The van der Waals surface area contributed by atoms with E-state index in [0.29, 0.717) is 17.2 Å². The van der Waals surface area contributed by atoms with Crippen LogP contribution >= 0.6 is 11.8 Å². The number of benzene rings is 1. The monoisotopic (exact) mass is 380 g/mol. The molecule has 134 valence electrons. The van der Waals surface area contributed by atoms with Gasteiger partial charge >= 0.3 is 0 Å². The van der Waals surface area contributed by atoms with Gasteiger partial charge in [-0.05, 0) is 24.3 Å². The van der Waals surface area contributed by atoms with Crippen LogP contribution in [0.15, 0.2) is 58.5 Å². The summed E-state index contributed by atoms with van der Waals surface area (Å²) in [4.78, 5) is 8.06. The maximum Gasteiger partial charge on any atom is 0.266 e. The van der Waals surface area contributed by atoms with E-state index in [-0.39, 0.29) is 23.1 Å². The van der Waals surface area contributed by atoms with E-state index >= 15 is 0 Å². The van der Waals surface area contributed by atoms with E-state index < -0.39 is 10.0 Å². The van der Waals surface area contributed by atoms with E-state index in [2.05, 4.69) is 9.98 Å². The van der Waals surface area contributed by atoms with Gasteiger partial charge in [0.25, 0.3) is 10.0 Å². The number of sulfonamides is 1. The fourth-order valence-corrected chi connectivity index (χ4v) is 4.45. The van der Waals surface area contributed by atoms with Crippen molar-refractivity contribution in [3.8, 4) is 5.75 Å². The molecular formula is C16H20N4O3S2. The molecule has 1 heterocycles. The molecule has 0 aliphatic carbocycles. The Morgan fingerprint density at radius 2 is 2.00 bits per heavy atom. The van der Waals surface area contributed by atoms with Crippen LogP contribution in [0.5, 0.6) is 5.75 Å². The summed E-state index contributed by atoms with van der Waals surface area (Å²) in [6.07, 6.45) is 1.60. The summed E-state index contributed by atoms with van der Waals surface area (Å²) in [7, 11) is -2.32. The molecule has 0 aliphatic rings. The van der Waals surface area contributed by atoms with Crippen molar-refractivity contribution in [1.82, 2.24) is 9.29 Å². The number of guanidine groups is 1. The average Bonchev–Trinajstić information content (AvgIpc) is 2.63. The normalized spacial score (nSPS) is 12.1.